The Morgan fingerprint density at radius 1 is 1.47 bits per heavy atom. The maximum absolute atomic E-state index is 13.4. The van der Waals surface area contributed by atoms with Gasteiger partial charge in [0.25, 0.3) is 0 Å². The summed E-state index contributed by atoms with van der Waals surface area (Å²) in [6.45, 7) is 1.07. The lowest BCUT2D eigenvalue weighted by Gasteiger charge is -2.03. The van der Waals surface area contributed by atoms with Gasteiger partial charge in [0.15, 0.2) is 0 Å². The van der Waals surface area contributed by atoms with Crippen molar-refractivity contribution in [3.05, 3.63) is 40.1 Å². The molecule has 1 heterocycles. The molecule has 0 radical (unpaired) electrons. The zero-order valence-corrected chi connectivity index (χ0v) is 9.93. The molecule has 1 saturated heterocycles. The van der Waals surface area contributed by atoms with Gasteiger partial charge in [-0.15, -0.1) is 0 Å². The Labute approximate surface area is 97.5 Å². The van der Waals surface area contributed by atoms with Crippen LogP contribution in [-0.4, -0.2) is 12.6 Å². The van der Waals surface area contributed by atoms with E-state index in [2.05, 4.69) is 21.2 Å². The molecule has 0 amide bonds. The van der Waals surface area contributed by atoms with Crippen LogP contribution in [0.15, 0.2) is 28.7 Å². The molecule has 1 atom stereocenters. The van der Waals surface area contributed by atoms with E-state index in [0.29, 0.717) is 11.6 Å². The zero-order valence-electron chi connectivity index (χ0n) is 8.34. The van der Waals surface area contributed by atoms with Crippen molar-refractivity contribution in [2.24, 2.45) is 0 Å². The predicted octanol–water partition coefficient (Wildman–Crippen LogP) is 3.35. The molecular formula is C12H13BrFN. The van der Waals surface area contributed by atoms with E-state index in [1.807, 2.05) is 18.2 Å². The quantitative estimate of drug-likeness (QED) is 0.869. The second-order valence-electron chi connectivity index (χ2n) is 3.73. The van der Waals surface area contributed by atoms with Gasteiger partial charge in [-0.3, -0.25) is 0 Å². The third-order valence-electron chi connectivity index (χ3n) is 2.57. The van der Waals surface area contributed by atoms with Crippen LogP contribution in [0.1, 0.15) is 18.4 Å². The van der Waals surface area contributed by atoms with Crippen LogP contribution in [0, 0.1) is 5.82 Å². The summed E-state index contributed by atoms with van der Waals surface area (Å²) >= 11 is 3.24. The summed E-state index contributed by atoms with van der Waals surface area (Å²) in [5.74, 6) is -0.182. The van der Waals surface area contributed by atoms with Crippen molar-refractivity contribution in [3.8, 4) is 0 Å². The minimum atomic E-state index is -0.182. The van der Waals surface area contributed by atoms with Gasteiger partial charge in [-0.1, -0.05) is 34.1 Å². The number of rotatable bonds is 2. The average Bonchev–Trinajstić information content (AvgIpc) is 2.69. The van der Waals surface area contributed by atoms with Gasteiger partial charge < -0.3 is 5.32 Å². The van der Waals surface area contributed by atoms with Gasteiger partial charge >= 0.3 is 0 Å². The number of benzene rings is 1. The number of hydrogen-bond donors (Lipinski definition) is 1. The van der Waals surface area contributed by atoms with Crippen molar-refractivity contribution in [2.75, 3.05) is 6.54 Å². The van der Waals surface area contributed by atoms with Gasteiger partial charge in [0.05, 0.1) is 0 Å². The van der Waals surface area contributed by atoms with E-state index < -0.39 is 0 Å². The highest BCUT2D eigenvalue weighted by atomic mass is 79.9. The molecule has 1 aromatic carbocycles. The summed E-state index contributed by atoms with van der Waals surface area (Å²) in [6, 6.07) is 5.53. The highest BCUT2D eigenvalue weighted by Crippen LogP contribution is 2.17. The van der Waals surface area contributed by atoms with Crippen LogP contribution in [0.2, 0.25) is 0 Å². The monoisotopic (exact) mass is 269 g/mol. The Morgan fingerprint density at radius 2 is 2.33 bits per heavy atom. The lowest BCUT2D eigenvalue weighted by Crippen LogP contribution is -2.17. The SMILES string of the molecule is Fc1cc(Br)ccc1/C=C/C1CCCN1. The van der Waals surface area contributed by atoms with Crippen molar-refractivity contribution in [2.45, 2.75) is 18.9 Å². The Balaban J connectivity index is 2.09. The molecule has 1 aliphatic heterocycles. The van der Waals surface area contributed by atoms with E-state index in [9.17, 15) is 4.39 Å². The molecule has 0 aromatic heterocycles. The molecule has 3 heteroatoms. The van der Waals surface area contributed by atoms with E-state index in [0.717, 1.165) is 17.4 Å². The summed E-state index contributed by atoms with van der Waals surface area (Å²) in [4.78, 5) is 0. The Morgan fingerprint density at radius 3 is 3.00 bits per heavy atom. The molecule has 1 fully saturated rings. The molecule has 80 valence electrons. The fraction of sp³-hybridized carbons (Fsp3) is 0.333. The molecule has 0 spiro atoms. The molecular weight excluding hydrogens is 257 g/mol. The van der Waals surface area contributed by atoms with E-state index in [1.54, 1.807) is 6.07 Å². The van der Waals surface area contributed by atoms with Crippen molar-refractivity contribution in [1.82, 2.24) is 5.32 Å². The van der Waals surface area contributed by atoms with Crippen LogP contribution < -0.4 is 5.32 Å². The van der Waals surface area contributed by atoms with Gasteiger partial charge in [-0.05, 0) is 31.5 Å². The van der Waals surface area contributed by atoms with E-state index in [-0.39, 0.29) is 5.82 Å². The summed E-state index contributed by atoms with van der Waals surface area (Å²) in [7, 11) is 0. The predicted molar refractivity (Wildman–Crippen MR) is 64.2 cm³/mol. The van der Waals surface area contributed by atoms with E-state index in [1.165, 1.54) is 12.5 Å². The average molecular weight is 270 g/mol. The third kappa shape index (κ3) is 2.89. The smallest absolute Gasteiger partial charge is 0.131 e. The van der Waals surface area contributed by atoms with Crippen LogP contribution in [0.25, 0.3) is 6.08 Å². The van der Waals surface area contributed by atoms with Crippen molar-refractivity contribution < 1.29 is 4.39 Å². The Hall–Kier alpha value is -0.670. The minimum Gasteiger partial charge on any atom is -0.311 e. The Bertz CT molecular complexity index is 370. The normalized spacial score (nSPS) is 21.3. The van der Waals surface area contributed by atoms with E-state index >= 15 is 0 Å². The minimum absolute atomic E-state index is 0.182. The molecule has 1 aliphatic rings. The highest BCUT2D eigenvalue weighted by molar-refractivity contribution is 9.10. The van der Waals surface area contributed by atoms with Gasteiger partial charge in [-0.25, -0.2) is 4.39 Å². The number of nitrogens with one attached hydrogen (secondary N) is 1. The fourth-order valence-corrected chi connectivity index (χ4v) is 2.07. The van der Waals surface area contributed by atoms with Gasteiger partial charge in [0.1, 0.15) is 5.82 Å². The maximum atomic E-state index is 13.4. The first kappa shape index (κ1) is 10.8. The lowest BCUT2D eigenvalue weighted by atomic mass is 10.1. The molecule has 0 saturated carbocycles. The molecule has 0 aliphatic carbocycles. The number of halogens is 2. The second kappa shape index (κ2) is 4.90. The topological polar surface area (TPSA) is 12.0 Å². The van der Waals surface area contributed by atoms with Crippen LogP contribution in [0.3, 0.4) is 0 Å². The number of hydrogen-bond acceptors (Lipinski definition) is 1. The Kier molecular flexibility index (Phi) is 3.54. The molecule has 1 nitrogen and oxygen atoms in total. The fourth-order valence-electron chi connectivity index (χ4n) is 1.73. The summed E-state index contributed by atoms with van der Waals surface area (Å²) in [6.07, 6.45) is 6.25. The maximum Gasteiger partial charge on any atom is 0.131 e. The summed E-state index contributed by atoms with van der Waals surface area (Å²) < 4.78 is 14.2. The van der Waals surface area contributed by atoms with Gasteiger partial charge in [-0.2, -0.15) is 0 Å². The molecule has 2 rings (SSSR count). The largest absolute Gasteiger partial charge is 0.311 e. The van der Waals surface area contributed by atoms with Crippen LogP contribution in [0.5, 0.6) is 0 Å². The van der Waals surface area contributed by atoms with Crippen LogP contribution >= 0.6 is 15.9 Å². The third-order valence-corrected chi connectivity index (χ3v) is 3.06. The van der Waals surface area contributed by atoms with Gasteiger partial charge in [0, 0.05) is 16.1 Å². The first-order valence-electron chi connectivity index (χ1n) is 5.12. The first-order chi connectivity index (χ1) is 7.25. The molecule has 1 aromatic rings. The second-order valence-corrected chi connectivity index (χ2v) is 4.64. The van der Waals surface area contributed by atoms with Crippen molar-refractivity contribution in [1.29, 1.82) is 0 Å². The van der Waals surface area contributed by atoms with Crippen molar-refractivity contribution >= 4 is 22.0 Å². The molecule has 0 bridgehead atoms. The van der Waals surface area contributed by atoms with Gasteiger partial charge in [0.2, 0.25) is 0 Å². The summed E-state index contributed by atoms with van der Waals surface area (Å²) in [5.41, 5.74) is 0.645. The highest BCUT2D eigenvalue weighted by Gasteiger charge is 2.10. The van der Waals surface area contributed by atoms with Crippen LogP contribution in [0.4, 0.5) is 4.39 Å². The standard InChI is InChI=1S/C12H13BrFN/c13-10-5-3-9(12(14)8-10)4-6-11-2-1-7-15-11/h3-6,8,11,15H,1-2,7H2/b6-4+. The lowest BCUT2D eigenvalue weighted by molar-refractivity contribution is 0.624. The zero-order chi connectivity index (χ0) is 10.7. The summed E-state index contributed by atoms with van der Waals surface area (Å²) in [5, 5.41) is 3.34. The van der Waals surface area contributed by atoms with E-state index in [4.69, 9.17) is 0 Å². The first-order valence-corrected chi connectivity index (χ1v) is 5.91. The van der Waals surface area contributed by atoms with Crippen molar-refractivity contribution in [3.63, 3.8) is 0 Å². The van der Waals surface area contributed by atoms with Crippen LogP contribution in [-0.2, 0) is 0 Å². The molecule has 15 heavy (non-hydrogen) atoms. The molecule has 1 N–H and O–H groups in total. The molecule has 1 unspecified atom stereocenters.